The first kappa shape index (κ1) is 14.3. The van der Waals surface area contributed by atoms with Gasteiger partial charge in [0.25, 0.3) is 0 Å². The molecular weight excluding hydrogens is 296 g/mol. The summed E-state index contributed by atoms with van der Waals surface area (Å²) in [6.45, 7) is 3.21. The number of hydrogen-bond acceptors (Lipinski definition) is 5. The first-order valence-corrected chi connectivity index (χ1v) is 7.76. The molecule has 0 radical (unpaired) electrons. The maximum Gasteiger partial charge on any atom is 0.335 e. The molecule has 23 heavy (non-hydrogen) atoms. The normalized spacial score (nSPS) is 24.0. The quantitative estimate of drug-likeness (QED) is 0.920. The van der Waals surface area contributed by atoms with Crippen LogP contribution in [-0.2, 0) is 17.9 Å². The standard InChI is InChI=1S/C16H18N4O3/c21-16(22)12-3-1-11(2-4-12)8-19-6-5-15-14(9-19)20-13(10-23-15)7-17-18-20/h1-4,7,14-15H,5-6,8-10H2,(H,21,22). The molecule has 1 fully saturated rings. The van der Waals surface area contributed by atoms with Crippen LogP contribution >= 0.6 is 0 Å². The summed E-state index contributed by atoms with van der Waals surface area (Å²) in [5.41, 5.74) is 2.46. The smallest absolute Gasteiger partial charge is 0.335 e. The van der Waals surface area contributed by atoms with Crippen molar-refractivity contribution >= 4 is 5.97 Å². The van der Waals surface area contributed by atoms with Gasteiger partial charge >= 0.3 is 5.97 Å². The van der Waals surface area contributed by atoms with Crippen LogP contribution in [0.1, 0.15) is 34.1 Å². The first-order valence-electron chi connectivity index (χ1n) is 7.76. The third-order valence-electron chi connectivity index (χ3n) is 4.62. The van der Waals surface area contributed by atoms with Gasteiger partial charge in [0.15, 0.2) is 0 Å². The van der Waals surface area contributed by atoms with Gasteiger partial charge in [-0.05, 0) is 24.1 Å². The highest BCUT2D eigenvalue weighted by Gasteiger charge is 2.36. The highest BCUT2D eigenvalue weighted by molar-refractivity contribution is 5.87. The van der Waals surface area contributed by atoms with Gasteiger partial charge in [0.1, 0.15) is 0 Å². The van der Waals surface area contributed by atoms with E-state index in [0.717, 1.165) is 37.3 Å². The zero-order valence-corrected chi connectivity index (χ0v) is 12.6. The minimum atomic E-state index is -0.893. The van der Waals surface area contributed by atoms with Crippen LogP contribution in [0.5, 0.6) is 0 Å². The van der Waals surface area contributed by atoms with E-state index in [4.69, 9.17) is 9.84 Å². The van der Waals surface area contributed by atoms with Crippen molar-refractivity contribution in [2.75, 3.05) is 13.1 Å². The van der Waals surface area contributed by atoms with Gasteiger partial charge in [-0.15, -0.1) is 5.10 Å². The van der Waals surface area contributed by atoms with E-state index in [1.807, 2.05) is 16.8 Å². The minimum absolute atomic E-state index is 0.202. The Kier molecular flexibility index (Phi) is 3.59. The highest BCUT2D eigenvalue weighted by Crippen LogP contribution is 2.30. The predicted octanol–water partition coefficient (Wildman–Crippen LogP) is 1.32. The maximum absolute atomic E-state index is 10.9. The average molecular weight is 314 g/mol. The Bertz CT molecular complexity index is 712. The number of carboxylic acid groups (broad SMARTS) is 1. The molecule has 120 valence electrons. The van der Waals surface area contributed by atoms with Gasteiger partial charge in [-0.2, -0.15) is 0 Å². The zero-order chi connectivity index (χ0) is 15.8. The molecule has 2 atom stereocenters. The molecule has 0 bridgehead atoms. The molecule has 1 N–H and O–H groups in total. The number of hydrogen-bond donors (Lipinski definition) is 1. The molecule has 3 heterocycles. The summed E-state index contributed by atoms with van der Waals surface area (Å²) in [6, 6.07) is 7.28. The van der Waals surface area contributed by atoms with Crippen LogP contribution in [0.2, 0.25) is 0 Å². The number of nitrogens with zero attached hydrogens (tertiary/aromatic N) is 4. The number of ether oxygens (including phenoxy) is 1. The second kappa shape index (κ2) is 5.75. The van der Waals surface area contributed by atoms with Crippen LogP contribution in [-0.4, -0.2) is 50.2 Å². The lowest BCUT2D eigenvalue weighted by molar-refractivity contribution is -0.0669. The van der Waals surface area contributed by atoms with Crippen molar-refractivity contribution in [3.05, 3.63) is 47.3 Å². The molecule has 0 aliphatic carbocycles. The maximum atomic E-state index is 10.9. The topological polar surface area (TPSA) is 80.5 Å². The van der Waals surface area contributed by atoms with Crippen LogP contribution in [0.4, 0.5) is 0 Å². The summed E-state index contributed by atoms with van der Waals surface area (Å²) < 4.78 is 7.91. The molecule has 0 spiro atoms. The van der Waals surface area contributed by atoms with Crippen LogP contribution in [0.3, 0.4) is 0 Å². The Morgan fingerprint density at radius 2 is 2.17 bits per heavy atom. The zero-order valence-electron chi connectivity index (χ0n) is 12.6. The van der Waals surface area contributed by atoms with Crippen molar-refractivity contribution in [1.29, 1.82) is 0 Å². The molecule has 1 aromatic heterocycles. The summed E-state index contributed by atoms with van der Waals surface area (Å²) in [5, 5.41) is 17.2. The van der Waals surface area contributed by atoms with E-state index >= 15 is 0 Å². The van der Waals surface area contributed by atoms with Crippen molar-refractivity contribution in [3.8, 4) is 0 Å². The molecule has 2 aliphatic heterocycles. The summed E-state index contributed by atoms with van der Waals surface area (Å²) in [6.07, 6.45) is 2.94. The molecule has 2 aromatic rings. The summed E-state index contributed by atoms with van der Waals surface area (Å²) in [7, 11) is 0. The van der Waals surface area contributed by atoms with Gasteiger partial charge in [-0.3, -0.25) is 4.90 Å². The SMILES string of the molecule is O=C(O)c1ccc(CN2CCC3OCc4cnnn4C3C2)cc1. The van der Waals surface area contributed by atoms with E-state index < -0.39 is 5.97 Å². The van der Waals surface area contributed by atoms with Gasteiger partial charge < -0.3 is 9.84 Å². The largest absolute Gasteiger partial charge is 0.478 e. The molecule has 1 aromatic carbocycles. The second-order valence-corrected chi connectivity index (χ2v) is 6.11. The Morgan fingerprint density at radius 3 is 2.96 bits per heavy atom. The van der Waals surface area contributed by atoms with Crippen molar-refractivity contribution in [2.24, 2.45) is 0 Å². The highest BCUT2D eigenvalue weighted by atomic mass is 16.5. The third kappa shape index (κ3) is 2.73. The Hall–Kier alpha value is -2.25. The molecule has 2 aliphatic rings. The third-order valence-corrected chi connectivity index (χ3v) is 4.62. The summed E-state index contributed by atoms with van der Waals surface area (Å²) in [4.78, 5) is 13.3. The van der Waals surface area contributed by atoms with Crippen LogP contribution in [0.25, 0.3) is 0 Å². The molecular formula is C16H18N4O3. The number of carboxylic acids is 1. The Morgan fingerprint density at radius 1 is 1.35 bits per heavy atom. The number of aromatic carboxylic acids is 1. The van der Waals surface area contributed by atoms with Gasteiger partial charge in [-0.25, -0.2) is 9.48 Å². The number of aromatic nitrogens is 3. The number of carbonyl (C=O) groups is 1. The second-order valence-electron chi connectivity index (χ2n) is 6.11. The van der Waals surface area contributed by atoms with Gasteiger partial charge in [0.2, 0.25) is 0 Å². The van der Waals surface area contributed by atoms with Gasteiger partial charge in [0, 0.05) is 19.6 Å². The number of piperidine rings is 1. The van der Waals surface area contributed by atoms with E-state index in [1.165, 1.54) is 0 Å². The fraction of sp³-hybridized carbons (Fsp3) is 0.438. The minimum Gasteiger partial charge on any atom is -0.478 e. The summed E-state index contributed by atoms with van der Waals surface area (Å²) >= 11 is 0. The fourth-order valence-electron chi connectivity index (χ4n) is 3.40. The molecule has 0 amide bonds. The van der Waals surface area contributed by atoms with E-state index in [1.54, 1.807) is 18.3 Å². The molecule has 4 rings (SSSR count). The fourth-order valence-corrected chi connectivity index (χ4v) is 3.40. The lowest BCUT2D eigenvalue weighted by atomic mass is 9.99. The number of rotatable bonds is 3. The molecule has 7 heteroatoms. The van der Waals surface area contributed by atoms with E-state index in [-0.39, 0.29) is 12.1 Å². The molecule has 7 nitrogen and oxygen atoms in total. The number of benzene rings is 1. The van der Waals surface area contributed by atoms with Crippen LogP contribution < -0.4 is 0 Å². The predicted molar refractivity (Wildman–Crippen MR) is 80.9 cm³/mol. The van der Waals surface area contributed by atoms with E-state index in [0.29, 0.717) is 12.2 Å². The lowest BCUT2D eigenvalue weighted by Gasteiger charge is -2.41. The monoisotopic (exact) mass is 314 g/mol. The Labute approximate surface area is 133 Å². The van der Waals surface area contributed by atoms with Crippen molar-refractivity contribution in [2.45, 2.75) is 31.7 Å². The van der Waals surface area contributed by atoms with E-state index in [2.05, 4.69) is 15.2 Å². The molecule has 0 saturated carbocycles. The average Bonchev–Trinajstić information content (AvgIpc) is 3.04. The first-order chi connectivity index (χ1) is 11.2. The Balaban J connectivity index is 1.46. The van der Waals surface area contributed by atoms with Crippen molar-refractivity contribution in [3.63, 3.8) is 0 Å². The molecule has 2 unspecified atom stereocenters. The van der Waals surface area contributed by atoms with Gasteiger partial charge in [-0.1, -0.05) is 17.3 Å². The van der Waals surface area contributed by atoms with Crippen molar-refractivity contribution in [1.82, 2.24) is 19.9 Å². The van der Waals surface area contributed by atoms with Crippen molar-refractivity contribution < 1.29 is 14.6 Å². The summed E-state index contributed by atoms with van der Waals surface area (Å²) in [5.74, 6) is -0.893. The molecule has 1 saturated heterocycles. The number of fused-ring (bicyclic) bond motifs is 3. The van der Waals surface area contributed by atoms with E-state index in [9.17, 15) is 4.79 Å². The van der Waals surface area contributed by atoms with Crippen LogP contribution in [0.15, 0.2) is 30.5 Å². The van der Waals surface area contributed by atoms with Gasteiger partial charge in [0.05, 0.1) is 36.2 Å². The lowest BCUT2D eigenvalue weighted by Crippen LogP contribution is -2.47. The van der Waals surface area contributed by atoms with Crippen LogP contribution in [0, 0.1) is 0 Å². The number of likely N-dealkylation sites (tertiary alicyclic amines) is 1.